The minimum Gasteiger partial charge on any atom is -0.381 e. The van der Waals surface area contributed by atoms with Gasteiger partial charge in [0.05, 0.1) is 12.9 Å². The van der Waals surface area contributed by atoms with E-state index in [9.17, 15) is 0 Å². The molecule has 25 heavy (non-hydrogen) atoms. The predicted molar refractivity (Wildman–Crippen MR) is 112 cm³/mol. The van der Waals surface area contributed by atoms with Crippen molar-refractivity contribution in [3.63, 3.8) is 0 Å². The molecule has 0 aliphatic heterocycles. The lowest BCUT2D eigenvalue weighted by molar-refractivity contribution is 0.145. The van der Waals surface area contributed by atoms with E-state index in [4.69, 9.17) is 4.74 Å². The molecule has 146 valence electrons. The minimum absolute atomic E-state index is 0.800. The average molecular weight is 369 g/mol. The van der Waals surface area contributed by atoms with E-state index in [1.54, 1.807) is 0 Å². The minimum atomic E-state index is 0.800. The van der Waals surface area contributed by atoms with Gasteiger partial charge >= 0.3 is 0 Å². The zero-order valence-corrected chi connectivity index (χ0v) is 17.1. The summed E-state index contributed by atoms with van der Waals surface area (Å²) in [6.45, 7) is 2.85. The Labute approximate surface area is 161 Å². The molecule has 3 nitrogen and oxygen atoms in total. The molecular weight excluding hydrogens is 328 g/mol. The third-order valence-corrected chi connectivity index (χ3v) is 4.93. The normalized spacial score (nSPS) is 11.2. The maximum Gasteiger partial charge on any atom is 0.0945 e. The third-order valence-electron chi connectivity index (χ3n) is 4.75. The molecule has 0 fully saturated rings. The zero-order valence-electron chi connectivity index (χ0n) is 16.2. The Morgan fingerprint density at radius 2 is 1.20 bits per heavy atom. The monoisotopic (exact) mass is 368 g/mol. The van der Waals surface area contributed by atoms with Crippen molar-refractivity contribution < 1.29 is 4.74 Å². The average Bonchev–Trinajstić information content (AvgIpc) is 3.14. The van der Waals surface area contributed by atoms with Crippen LogP contribution < -0.4 is 0 Å². The molecule has 1 aromatic heterocycles. The summed E-state index contributed by atoms with van der Waals surface area (Å²) in [5.41, 5.74) is 0. The molecule has 0 aliphatic carbocycles. The van der Waals surface area contributed by atoms with Gasteiger partial charge in [0.15, 0.2) is 0 Å². The Morgan fingerprint density at radius 1 is 0.680 bits per heavy atom. The summed E-state index contributed by atoms with van der Waals surface area (Å²) >= 11 is 4.13. The van der Waals surface area contributed by atoms with Gasteiger partial charge in [-0.2, -0.15) is 12.6 Å². The van der Waals surface area contributed by atoms with Crippen LogP contribution in [0.25, 0.3) is 0 Å². The molecule has 0 spiro atoms. The lowest BCUT2D eigenvalue weighted by Gasteiger charge is -2.04. The number of aryl methyl sites for hydroxylation is 1. The van der Waals surface area contributed by atoms with Gasteiger partial charge in [0, 0.05) is 31.3 Å². The van der Waals surface area contributed by atoms with Gasteiger partial charge in [-0.3, -0.25) is 0 Å². The van der Waals surface area contributed by atoms with E-state index in [-0.39, 0.29) is 0 Å². The van der Waals surface area contributed by atoms with Crippen LogP contribution in [-0.2, 0) is 11.3 Å². The van der Waals surface area contributed by atoms with E-state index < -0.39 is 0 Å². The number of ether oxygens (including phenoxy) is 1. The largest absolute Gasteiger partial charge is 0.381 e. The maximum absolute atomic E-state index is 5.43. The first kappa shape index (κ1) is 22.6. The molecule has 1 rings (SSSR count). The number of thiol groups is 1. The predicted octanol–water partition coefficient (Wildman–Crippen LogP) is 6.29. The van der Waals surface area contributed by atoms with Crippen molar-refractivity contribution in [3.8, 4) is 0 Å². The topological polar surface area (TPSA) is 27.1 Å². The van der Waals surface area contributed by atoms with Crippen molar-refractivity contribution in [2.75, 3.05) is 19.0 Å². The van der Waals surface area contributed by atoms with E-state index in [1.165, 1.54) is 89.9 Å². The van der Waals surface area contributed by atoms with Crippen molar-refractivity contribution in [1.82, 2.24) is 9.55 Å². The van der Waals surface area contributed by atoms with Gasteiger partial charge in [-0.15, -0.1) is 0 Å². The molecule has 0 N–H and O–H groups in total. The van der Waals surface area contributed by atoms with Crippen LogP contribution in [0.2, 0.25) is 0 Å². The van der Waals surface area contributed by atoms with Gasteiger partial charge in [0.1, 0.15) is 0 Å². The smallest absolute Gasteiger partial charge is 0.0945 e. The summed E-state index contributed by atoms with van der Waals surface area (Å²) in [5.74, 6) is 0.840. The van der Waals surface area contributed by atoms with Gasteiger partial charge in [-0.25, -0.2) is 4.98 Å². The number of hydrogen-bond donors (Lipinski definition) is 1. The number of rotatable bonds is 19. The second-order valence-corrected chi connectivity index (χ2v) is 7.53. The molecule has 0 unspecified atom stereocenters. The van der Waals surface area contributed by atoms with Crippen molar-refractivity contribution in [2.45, 2.75) is 96.4 Å². The molecule has 1 aromatic rings. The van der Waals surface area contributed by atoms with Crippen molar-refractivity contribution in [2.24, 2.45) is 0 Å². The van der Waals surface area contributed by atoms with Crippen LogP contribution in [0.5, 0.6) is 0 Å². The summed E-state index contributed by atoms with van der Waals surface area (Å²) in [4.78, 5) is 4.08. The summed E-state index contributed by atoms with van der Waals surface area (Å²) in [6.07, 6.45) is 25.2. The van der Waals surface area contributed by atoms with Gasteiger partial charge in [-0.05, 0) is 12.8 Å². The standard InChI is InChI=1S/C21H40N2OS/c25-20-19-24-18-14-12-10-8-6-4-2-1-3-5-7-9-11-13-16-23-17-15-22-21-23/h15,17,21,25H,1-14,16,18-20H2. The molecule has 0 aliphatic rings. The van der Waals surface area contributed by atoms with Gasteiger partial charge in [0.25, 0.3) is 0 Å². The number of imidazole rings is 1. The van der Waals surface area contributed by atoms with E-state index in [1.807, 2.05) is 12.5 Å². The van der Waals surface area contributed by atoms with Crippen LogP contribution in [0.15, 0.2) is 18.7 Å². The zero-order chi connectivity index (χ0) is 17.8. The first-order chi connectivity index (χ1) is 12.4. The van der Waals surface area contributed by atoms with E-state index in [2.05, 4.69) is 28.4 Å². The van der Waals surface area contributed by atoms with Crippen molar-refractivity contribution >= 4 is 12.6 Å². The molecule has 0 aromatic carbocycles. The second-order valence-electron chi connectivity index (χ2n) is 7.09. The van der Waals surface area contributed by atoms with Crippen LogP contribution in [0.1, 0.15) is 89.9 Å². The van der Waals surface area contributed by atoms with Crippen molar-refractivity contribution in [1.29, 1.82) is 0 Å². The highest BCUT2D eigenvalue weighted by molar-refractivity contribution is 7.80. The molecule has 0 bridgehead atoms. The Kier molecular flexibility index (Phi) is 16.5. The molecular formula is C21H40N2OS. The van der Waals surface area contributed by atoms with E-state index in [0.29, 0.717) is 0 Å². The van der Waals surface area contributed by atoms with Crippen LogP contribution in [0.3, 0.4) is 0 Å². The Balaban J connectivity index is 1.65. The molecule has 0 atom stereocenters. The maximum atomic E-state index is 5.43. The summed E-state index contributed by atoms with van der Waals surface area (Å²) in [5, 5.41) is 0. The fourth-order valence-electron chi connectivity index (χ4n) is 3.21. The van der Waals surface area contributed by atoms with Crippen LogP contribution >= 0.6 is 12.6 Å². The summed E-state index contributed by atoms with van der Waals surface area (Å²) < 4.78 is 7.61. The highest BCUT2D eigenvalue weighted by atomic mass is 32.1. The van der Waals surface area contributed by atoms with Crippen LogP contribution in [0.4, 0.5) is 0 Å². The first-order valence-corrected chi connectivity index (χ1v) is 11.2. The van der Waals surface area contributed by atoms with Crippen LogP contribution in [-0.4, -0.2) is 28.5 Å². The third kappa shape index (κ3) is 15.5. The number of aromatic nitrogens is 2. The summed E-state index contributed by atoms with van der Waals surface area (Å²) in [6, 6.07) is 0. The molecule has 0 radical (unpaired) electrons. The summed E-state index contributed by atoms with van der Waals surface area (Å²) in [7, 11) is 0. The highest BCUT2D eigenvalue weighted by Crippen LogP contribution is 2.13. The van der Waals surface area contributed by atoms with Gasteiger partial charge in [-0.1, -0.05) is 77.0 Å². The van der Waals surface area contributed by atoms with Gasteiger partial charge in [0.2, 0.25) is 0 Å². The number of nitrogens with zero attached hydrogens (tertiary/aromatic N) is 2. The second kappa shape index (κ2) is 18.3. The van der Waals surface area contributed by atoms with Gasteiger partial charge < -0.3 is 9.30 Å². The molecule has 0 saturated carbocycles. The fraction of sp³-hybridized carbons (Fsp3) is 0.857. The molecule has 1 heterocycles. The Morgan fingerprint density at radius 3 is 1.68 bits per heavy atom. The SMILES string of the molecule is SCCOCCCCCCCCCCCCCCCCn1ccnc1. The fourth-order valence-corrected chi connectivity index (χ4v) is 3.33. The van der Waals surface area contributed by atoms with Crippen molar-refractivity contribution in [3.05, 3.63) is 18.7 Å². The number of unbranched alkanes of at least 4 members (excludes halogenated alkanes) is 13. The molecule has 4 heteroatoms. The lowest BCUT2D eigenvalue weighted by Crippen LogP contribution is -1.97. The van der Waals surface area contributed by atoms with Crippen LogP contribution in [0, 0.1) is 0 Å². The first-order valence-electron chi connectivity index (χ1n) is 10.6. The lowest BCUT2D eigenvalue weighted by atomic mass is 10.0. The Bertz CT molecular complexity index is 357. The molecule has 0 saturated heterocycles. The van der Waals surface area contributed by atoms with E-state index >= 15 is 0 Å². The molecule has 0 amide bonds. The quantitative estimate of drug-likeness (QED) is 0.229. The van der Waals surface area contributed by atoms with E-state index in [0.717, 1.165) is 25.5 Å². The highest BCUT2D eigenvalue weighted by Gasteiger charge is 1.95. The Hall–Kier alpha value is -0.480. The number of hydrogen-bond acceptors (Lipinski definition) is 3.